The highest BCUT2D eigenvalue weighted by Crippen LogP contribution is 2.45. The van der Waals surface area contributed by atoms with E-state index in [1.165, 1.54) is 60.7 Å². The van der Waals surface area contributed by atoms with Gasteiger partial charge in [0.1, 0.15) is 0 Å². The molecule has 0 saturated heterocycles. The lowest BCUT2D eigenvalue weighted by atomic mass is 9.93. The van der Waals surface area contributed by atoms with Gasteiger partial charge in [0.05, 0.1) is 51.6 Å². The van der Waals surface area contributed by atoms with Crippen LogP contribution in [0.3, 0.4) is 0 Å². The van der Waals surface area contributed by atoms with Crippen molar-refractivity contribution in [2.45, 2.75) is 34.6 Å². The van der Waals surface area contributed by atoms with E-state index in [0.29, 0.717) is 11.3 Å². The Balaban J connectivity index is 1.21. The van der Waals surface area contributed by atoms with Crippen molar-refractivity contribution in [3.63, 3.8) is 0 Å². The van der Waals surface area contributed by atoms with Crippen molar-refractivity contribution in [3.05, 3.63) is 221 Å². The van der Waals surface area contributed by atoms with E-state index >= 15 is 0 Å². The molecule has 11 aromatic rings. The van der Waals surface area contributed by atoms with Gasteiger partial charge in [-0.1, -0.05) is 120 Å². The fraction of sp³-hybridized carbons (Fsp3) is 0.0820. The fourth-order valence-electron chi connectivity index (χ4n) is 10.2. The number of rotatable bonds is 6. The minimum Gasteiger partial charge on any atom is -0.309 e. The van der Waals surface area contributed by atoms with Gasteiger partial charge in [0.15, 0.2) is 5.69 Å². The van der Waals surface area contributed by atoms with Gasteiger partial charge in [-0.25, -0.2) is 4.85 Å². The van der Waals surface area contributed by atoms with E-state index in [-0.39, 0.29) is 0 Å². The highest BCUT2D eigenvalue weighted by atomic mass is 15.0. The quantitative estimate of drug-likeness (QED) is 0.154. The summed E-state index contributed by atoms with van der Waals surface area (Å²) in [6, 6.07) is 65.5. The molecule has 0 amide bonds. The van der Waals surface area contributed by atoms with Gasteiger partial charge < -0.3 is 9.13 Å². The van der Waals surface area contributed by atoms with E-state index in [0.717, 1.165) is 66.6 Å². The summed E-state index contributed by atoms with van der Waals surface area (Å²) in [5, 5.41) is 14.4. The van der Waals surface area contributed by atoms with Crippen LogP contribution in [0.25, 0.3) is 104 Å². The van der Waals surface area contributed by atoms with Gasteiger partial charge in [-0.15, -0.1) is 0 Å². The number of nitriles is 1. The number of aromatic nitrogens is 2. The average Bonchev–Trinajstić information content (AvgIpc) is 3.83. The SMILES string of the molecule is [C-]#[N+]c1ccc(-n2c3ccccc3c3cc(-c4ccc(C)cc4C)ccc32)c(-c2ccc(-c3ccc(C#N)cc3C)cc2-n2c3ccccc3c3cc(-c4ccc(C)cc4C)ccc32)c1. The summed E-state index contributed by atoms with van der Waals surface area (Å²) in [5.74, 6) is 0. The molecule has 2 heterocycles. The van der Waals surface area contributed by atoms with Crippen LogP contribution in [-0.2, 0) is 0 Å². The standard InChI is InChI=1S/C61H44N4/c1-37-15-22-47(39(3)29-37)43-19-26-58-53(32-43)50-11-7-9-13-56(50)64(58)60-28-21-46(63-6)35-55(60)52-25-18-45(49-24-17-42(36-62)31-41(49)5)34-61(52)65-57-14-10-8-12-51(57)54-33-44(20-27-59(54)65)48-23-16-38(2)30-40(48)4/h7-35H,1-5H3. The third-order valence-electron chi connectivity index (χ3n) is 13.3. The highest BCUT2D eigenvalue weighted by molar-refractivity contribution is 6.13. The van der Waals surface area contributed by atoms with Crippen molar-refractivity contribution in [3.8, 4) is 62.0 Å². The maximum Gasteiger partial charge on any atom is 0.188 e. The van der Waals surface area contributed by atoms with Crippen LogP contribution >= 0.6 is 0 Å². The predicted octanol–water partition coefficient (Wildman–Crippen LogP) is 16.5. The summed E-state index contributed by atoms with van der Waals surface area (Å²) in [6.45, 7) is 19.0. The normalized spacial score (nSPS) is 11.4. The number of hydrogen-bond donors (Lipinski definition) is 0. The van der Waals surface area contributed by atoms with Crippen molar-refractivity contribution in [1.82, 2.24) is 9.13 Å². The molecular formula is C61H44N4. The van der Waals surface area contributed by atoms with Crippen LogP contribution in [0, 0.1) is 52.5 Å². The largest absolute Gasteiger partial charge is 0.309 e. The lowest BCUT2D eigenvalue weighted by Crippen LogP contribution is -2.02. The topological polar surface area (TPSA) is 38.0 Å². The van der Waals surface area contributed by atoms with Crippen molar-refractivity contribution in [2.75, 3.05) is 0 Å². The molecule has 308 valence electrons. The average molecular weight is 833 g/mol. The Bertz CT molecular complexity index is 3860. The molecule has 0 fully saturated rings. The molecule has 0 aliphatic heterocycles. The van der Waals surface area contributed by atoms with Gasteiger partial charge >= 0.3 is 0 Å². The van der Waals surface area contributed by atoms with E-state index < -0.39 is 0 Å². The van der Waals surface area contributed by atoms with Crippen LogP contribution in [0.1, 0.15) is 33.4 Å². The molecule has 0 bridgehead atoms. The minimum absolute atomic E-state index is 0.569. The summed E-state index contributed by atoms with van der Waals surface area (Å²) >= 11 is 0. The summed E-state index contributed by atoms with van der Waals surface area (Å²) in [6.07, 6.45) is 0. The van der Waals surface area contributed by atoms with Crippen molar-refractivity contribution in [1.29, 1.82) is 5.26 Å². The zero-order chi connectivity index (χ0) is 44.5. The molecule has 0 spiro atoms. The molecule has 65 heavy (non-hydrogen) atoms. The van der Waals surface area contributed by atoms with Crippen LogP contribution in [0.4, 0.5) is 5.69 Å². The van der Waals surface area contributed by atoms with E-state index in [2.05, 4.69) is 212 Å². The van der Waals surface area contributed by atoms with E-state index in [1.54, 1.807) is 0 Å². The van der Waals surface area contributed by atoms with Crippen LogP contribution in [-0.4, -0.2) is 9.13 Å². The zero-order valence-corrected chi connectivity index (χ0v) is 37.0. The molecular weight excluding hydrogens is 789 g/mol. The van der Waals surface area contributed by atoms with Crippen LogP contribution in [0.2, 0.25) is 0 Å². The third kappa shape index (κ3) is 6.50. The Labute approximate surface area is 379 Å². The van der Waals surface area contributed by atoms with Gasteiger partial charge in [0.25, 0.3) is 0 Å². The van der Waals surface area contributed by atoms with Gasteiger partial charge in [0, 0.05) is 27.1 Å². The molecule has 0 radical (unpaired) electrons. The molecule has 0 aliphatic carbocycles. The number of nitrogens with zero attached hydrogens (tertiary/aromatic N) is 4. The Hall–Kier alpha value is -8.44. The summed E-state index contributed by atoms with van der Waals surface area (Å²) in [5.41, 5.74) is 22.5. The zero-order valence-electron chi connectivity index (χ0n) is 37.0. The van der Waals surface area contributed by atoms with Crippen LogP contribution < -0.4 is 0 Å². The van der Waals surface area contributed by atoms with Gasteiger partial charge in [0.2, 0.25) is 0 Å². The number of hydrogen-bond acceptors (Lipinski definition) is 1. The van der Waals surface area contributed by atoms with Crippen molar-refractivity contribution < 1.29 is 0 Å². The second-order valence-corrected chi connectivity index (χ2v) is 17.5. The molecule has 0 N–H and O–H groups in total. The fourth-order valence-corrected chi connectivity index (χ4v) is 10.2. The third-order valence-corrected chi connectivity index (χ3v) is 13.3. The number of fused-ring (bicyclic) bond motifs is 6. The molecule has 0 saturated carbocycles. The number of aryl methyl sites for hydroxylation is 5. The smallest absolute Gasteiger partial charge is 0.188 e. The highest BCUT2D eigenvalue weighted by Gasteiger charge is 2.23. The first-order chi connectivity index (χ1) is 31.7. The lowest BCUT2D eigenvalue weighted by molar-refractivity contribution is 1.16. The van der Waals surface area contributed by atoms with Gasteiger partial charge in [-0.3, -0.25) is 0 Å². The number of para-hydroxylation sites is 2. The molecule has 9 aromatic carbocycles. The Morgan fingerprint density at radius 1 is 0.400 bits per heavy atom. The van der Waals surface area contributed by atoms with Gasteiger partial charge in [-0.2, -0.15) is 5.26 Å². The predicted molar refractivity (Wildman–Crippen MR) is 272 cm³/mol. The van der Waals surface area contributed by atoms with E-state index in [1.807, 2.05) is 18.2 Å². The molecule has 0 unspecified atom stereocenters. The lowest BCUT2D eigenvalue weighted by Gasteiger charge is -2.20. The summed E-state index contributed by atoms with van der Waals surface area (Å²) in [4.78, 5) is 4.01. The Kier molecular flexibility index (Phi) is 9.35. The van der Waals surface area contributed by atoms with E-state index in [4.69, 9.17) is 6.57 Å². The summed E-state index contributed by atoms with van der Waals surface area (Å²) < 4.78 is 4.79. The van der Waals surface area contributed by atoms with E-state index in [9.17, 15) is 5.26 Å². The summed E-state index contributed by atoms with van der Waals surface area (Å²) in [7, 11) is 0. The molecule has 4 heteroatoms. The molecule has 11 rings (SSSR count). The second kappa shape index (κ2) is 15.4. The Morgan fingerprint density at radius 3 is 1.42 bits per heavy atom. The first-order valence-electron chi connectivity index (χ1n) is 22.1. The van der Waals surface area contributed by atoms with Crippen LogP contribution in [0.5, 0.6) is 0 Å². The maximum atomic E-state index is 9.76. The Morgan fingerprint density at radius 2 is 0.877 bits per heavy atom. The molecule has 0 aliphatic rings. The van der Waals surface area contributed by atoms with Crippen LogP contribution in [0.15, 0.2) is 176 Å². The van der Waals surface area contributed by atoms with Gasteiger partial charge in [-0.05, 0) is 157 Å². The molecule has 0 atom stereocenters. The van der Waals surface area contributed by atoms with Crippen molar-refractivity contribution >= 4 is 49.3 Å². The molecule has 2 aromatic heterocycles. The first kappa shape index (κ1) is 39.4. The first-order valence-corrected chi connectivity index (χ1v) is 22.1. The second-order valence-electron chi connectivity index (χ2n) is 17.5. The molecule has 4 nitrogen and oxygen atoms in total. The number of benzene rings is 9. The monoisotopic (exact) mass is 832 g/mol. The minimum atomic E-state index is 0.569. The maximum absolute atomic E-state index is 9.76. The van der Waals surface area contributed by atoms with Crippen molar-refractivity contribution in [2.24, 2.45) is 0 Å².